The van der Waals surface area contributed by atoms with E-state index in [1.807, 2.05) is 25.5 Å². The Bertz CT molecular complexity index is 917. The van der Waals surface area contributed by atoms with E-state index in [1.54, 1.807) is 33.9 Å². The molecule has 4 rings (SSSR count). The van der Waals surface area contributed by atoms with Crippen molar-refractivity contribution >= 4 is 0 Å². The second-order valence-corrected chi connectivity index (χ2v) is 6.59. The van der Waals surface area contributed by atoms with Crippen molar-refractivity contribution in [2.45, 2.75) is 38.9 Å². The third kappa shape index (κ3) is 3.55. The lowest BCUT2D eigenvalue weighted by atomic mass is 10.2. The van der Waals surface area contributed by atoms with Gasteiger partial charge >= 0.3 is 0 Å². The van der Waals surface area contributed by atoms with Gasteiger partial charge in [-0.25, -0.2) is 19.6 Å². The first-order chi connectivity index (χ1) is 12.7. The Morgan fingerprint density at radius 1 is 1.23 bits per heavy atom. The summed E-state index contributed by atoms with van der Waals surface area (Å²) in [6, 6.07) is 3.56. The smallest absolute Gasteiger partial charge is 0.266 e. The molecular weight excluding hydrogens is 330 g/mol. The fourth-order valence-corrected chi connectivity index (χ4v) is 3.35. The third-order valence-corrected chi connectivity index (χ3v) is 4.72. The highest BCUT2D eigenvalue weighted by molar-refractivity contribution is 5.19. The minimum atomic E-state index is -0.0839. The summed E-state index contributed by atoms with van der Waals surface area (Å²) < 4.78 is 3.36. The molecular formula is C18H21N7O. The van der Waals surface area contributed by atoms with Gasteiger partial charge in [0.15, 0.2) is 5.82 Å². The predicted molar refractivity (Wildman–Crippen MR) is 95.8 cm³/mol. The van der Waals surface area contributed by atoms with Gasteiger partial charge in [0.05, 0.1) is 6.54 Å². The molecule has 8 nitrogen and oxygen atoms in total. The maximum atomic E-state index is 12.3. The second-order valence-electron chi connectivity index (χ2n) is 6.59. The fraction of sp³-hybridized carbons (Fsp3) is 0.389. The largest absolute Gasteiger partial charge is 0.294 e. The van der Waals surface area contributed by atoms with Gasteiger partial charge in [0.25, 0.3) is 5.56 Å². The quantitative estimate of drug-likeness (QED) is 0.687. The van der Waals surface area contributed by atoms with Crippen LogP contribution in [0.3, 0.4) is 0 Å². The normalized spacial score (nSPS) is 17.7. The highest BCUT2D eigenvalue weighted by Gasteiger charge is 2.25. The molecule has 0 amide bonds. The first kappa shape index (κ1) is 16.6. The van der Waals surface area contributed by atoms with Gasteiger partial charge in [-0.15, -0.1) is 0 Å². The Labute approximate surface area is 151 Å². The summed E-state index contributed by atoms with van der Waals surface area (Å²) in [6.07, 6.45) is 11.1. The van der Waals surface area contributed by atoms with Gasteiger partial charge in [0.1, 0.15) is 12.2 Å². The van der Waals surface area contributed by atoms with E-state index >= 15 is 0 Å². The molecule has 0 spiro atoms. The van der Waals surface area contributed by atoms with E-state index in [9.17, 15) is 4.79 Å². The number of aromatic nitrogens is 6. The number of likely N-dealkylation sites (tertiary alicyclic amines) is 1. The van der Waals surface area contributed by atoms with Crippen molar-refractivity contribution in [3.8, 4) is 5.82 Å². The van der Waals surface area contributed by atoms with Crippen molar-refractivity contribution in [1.29, 1.82) is 0 Å². The van der Waals surface area contributed by atoms with Crippen molar-refractivity contribution in [2.24, 2.45) is 0 Å². The van der Waals surface area contributed by atoms with Crippen LogP contribution >= 0.6 is 0 Å². The summed E-state index contributed by atoms with van der Waals surface area (Å²) in [5, 5.41) is 4.51. The van der Waals surface area contributed by atoms with E-state index < -0.39 is 0 Å². The number of nitrogens with zero attached hydrogens (tertiary/aromatic N) is 7. The summed E-state index contributed by atoms with van der Waals surface area (Å²) in [5.41, 5.74) is 1.01. The molecule has 1 aliphatic heterocycles. The number of aryl methyl sites for hydroxylation is 1. The van der Waals surface area contributed by atoms with E-state index in [2.05, 4.69) is 25.0 Å². The Balaban J connectivity index is 1.51. The molecule has 1 atom stereocenters. The summed E-state index contributed by atoms with van der Waals surface area (Å²) in [5.74, 6) is 1.47. The highest BCUT2D eigenvalue weighted by Crippen LogP contribution is 2.20. The lowest BCUT2D eigenvalue weighted by Crippen LogP contribution is -2.37. The number of imidazole rings is 1. The molecule has 3 aromatic heterocycles. The van der Waals surface area contributed by atoms with Crippen LogP contribution in [0.4, 0.5) is 0 Å². The molecule has 0 saturated carbocycles. The van der Waals surface area contributed by atoms with Gasteiger partial charge in [-0.05, 0) is 32.4 Å². The molecule has 3 aromatic rings. The van der Waals surface area contributed by atoms with Gasteiger partial charge in [0.2, 0.25) is 0 Å². The SMILES string of the molecule is Cc1ncc(CN2CCCC2Cn2nc(-n3ccnc3)ccc2=O)cn1. The van der Waals surface area contributed by atoms with Gasteiger partial charge < -0.3 is 0 Å². The number of rotatable bonds is 5. The van der Waals surface area contributed by atoms with Crippen molar-refractivity contribution in [3.63, 3.8) is 0 Å². The molecule has 1 unspecified atom stereocenters. The average Bonchev–Trinajstić information content (AvgIpc) is 3.31. The van der Waals surface area contributed by atoms with Crippen molar-refractivity contribution in [2.75, 3.05) is 6.54 Å². The van der Waals surface area contributed by atoms with Crippen LogP contribution in [-0.2, 0) is 13.1 Å². The number of hydrogen-bond acceptors (Lipinski definition) is 6. The summed E-state index contributed by atoms with van der Waals surface area (Å²) >= 11 is 0. The molecule has 26 heavy (non-hydrogen) atoms. The Kier molecular flexibility index (Phi) is 4.57. The molecule has 8 heteroatoms. The van der Waals surface area contributed by atoms with E-state index in [1.165, 1.54) is 0 Å². The maximum Gasteiger partial charge on any atom is 0.266 e. The fourth-order valence-electron chi connectivity index (χ4n) is 3.35. The molecule has 0 N–H and O–H groups in total. The van der Waals surface area contributed by atoms with Crippen LogP contribution in [0.15, 0.2) is 48.0 Å². The molecule has 0 aliphatic carbocycles. The topological polar surface area (TPSA) is 81.7 Å². The van der Waals surface area contributed by atoms with Gasteiger partial charge in [-0.1, -0.05) is 0 Å². The van der Waals surface area contributed by atoms with Crippen LogP contribution in [0, 0.1) is 6.92 Å². The van der Waals surface area contributed by atoms with E-state index in [4.69, 9.17) is 0 Å². The Morgan fingerprint density at radius 2 is 2.08 bits per heavy atom. The Hall–Kier alpha value is -2.87. The van der Waals surface area contributed by atoms with Crippen molar-refractivity contribution in [1.82, 2.24) is 34.2 Å². The van der Waals surface area contributed by atoms with Crippen LogP contribution in [-0.4, -0.2) is 46.8 Å². The van der Waals surface area contributed by atoms with Crippen LogP contribution < -0.4 is 5.56 Å². The maximum absolute atomic E-state index is 12.3. The molecule has 134 valence electrons. The number of hydrogen-bond donors (Lipinski definition) is 0. The minimum absolute atomic E-state index is 0.0839. The minimum Gasteiger partial charge on any atom is -0.294 e. The van der Waals surface area contributed by atoms with Crippen LogP contribution in [0.1, 0.15) is 24.2 Å². The van der Waals surface area contributed by atoms with E-state index in [0.717, 1.165) is 37.3 Å². The van der Waals surface area contributed by atoms with Crippen LogP contribution in [0.5, 0.6) is 0 Å². The zero-order valence-corrected chi connectivity index (χ0v) is 14.7. The van der Waals surface area contributed by atoms with Gasteiger partial charge in [-0.2, -0.15) is 5.10 Å². The molecule has 0 bridgehead atoms. The van der Waals surface area contributed by atoms with Crippen LogP contribution in [0.25, 0.3) is 5.82 Å². The van der Waals surface area contributed by atoms with Crippen LogP contribution in [0.2, 0.25) is 0 Å². The lowest BCUT2D eigenvalue weighted by molar-refractivity contribution is 0.216. The van der Waals surface area contributed by atoms with E-state index in [0.29, 0.717) is 12.4 Å². The molecule has 1 fully saturated rings. The molecule has 4 heterocycles. The zero-order valence-electron chi connectivity index (χ0n) is 14.7. The van der Waals surface area contributed by atoms with Crippen molar-refractivity contribution < 1.29 is 0 Å². The Morgan fingerprint density at radius 3 is 2.85 bits per heavy atom. The molecule has 1 aliphatic rings. The summed E-state index contributed by atoms with van der Waals surface area (Å²) in [4.78, 5) is 27.2. The van der Waals surface area contributed by atoms with Crippen molar-refractivity contribution in [3.05, 3.63) is 65.0 Å². The second kappa shape index (κ2) is 7.17. The zero-order chi connectivity index (χ0) is 17.9. The monoisotopic (exact) mass is 351 g/mol. The summed E-state index contributed by atoms with van der Waals surface area (Å²) in [6.45, 7) is 4.26. The van der Waals surface area contributed by atoms with Gasteiger partial charge in [-0.3, -0.25) is 14.3 Å². The average molecular weight is 351 g/mol. The predicted octanol–water partition coefficient (Wildman–Crippen LogP) is 1.19. The lowest BCUT2D eigenvalue weighted by Gasteiger charge is -2.24. The standard InChI is InChI=1S/C18H21N7O/c1-14-20-9-15(10-21-14)11-23-7-2-3-16(23)12-25-18(26)5-4-17(22-25)24-8-6-19-13-24/h4-6,8-10,13,16H,2-3,7,11-12H2,1H3. The molecule has 0 radical (unpaired) electrons. The molecule has 0 aromatic carbocycles. The first-order valence-electron chi connectivity index (χ1n) is 8.77. The van der Waals surface area contributed by atoms with E-state index in [-0.39, 0.29) is 11.6 Å². The molecule has 1 saturated heterocycles. The third-order valence-electron chi connectivity index (χ3n) is 4.72. The van der Waals surface area contributed by atoms with Gasteiger partial charge in [0, 0.05) is 49.0 Å². The summed E-state index contributed by atoms with van der Waals surface area (Å²) in [7, 11) is 0. The highest BCUT2D eigenvalue weighted by atomic mass is 16.1. The first-order valence-corrected chi connectivity index (χ1v) is 8.77.